The molecule has 0 bridgehead atoms. The molecule has 3 fully saturated rings. The van der Waals surface area contributed by atoms with Gasteiger partial charge >= 0.3 is 0 Å². The number of hydrogen-bond donors (Lipinski definition) is 2. The van der Waals surface area contributed by atoms with Crippen LogP contribution in [0.4, 0.5) is 5.69 Å². The average Bonchev–Trinajstić information content (AvgIpc) is 3.40. The van der Waals surface area contributed by atoms with Gasteiger partial charge in [0.05, 0.1) is 23.5 Å². The predicted molar refractivity (Wildman–Crippen MR) is 141 cm³/mol. The molecule has 1 unspecified atom stereocenters. The number of hydrogen-bond acceptors (Lipinski definition) is 6. The Balaban J connectivity index is 1.21. The summed E-state index contributed by atoms with van der Waals surface area (Å²) < 4.78 is 11.0. The number of nitrogens with one attached hydrogen (secondary N) is 2. The molecule has 2 aliphatic heterocycles. The smallest absolute Gasteiger partial charge is 0.137 e. The van der Waals surface area contributed by atoms with Crippen molar-refractivity contribution < 1.29 is 9.47 Å². The molecule has 35 heavy (non-hydrogen) atoms. The quantitative estimate of drug-likeness (QED) is 0.432. The lowest BCUT2D eigenvalue weighted by Crippen LogP contribution is -2.41. The number of pyridine rings is 2. The van der Waals surface area contributed by atoms with Gasteiger partial charge in [0.2, 0.25) is 0 Å². The van der Waals surface area contributed by atoms with Gasteiger partial charge < -0.3 is 20.1 Å². The van der Waals surface area contributed by atoms with Crippen molar-refractivity contribution in [2.24, 2.45) is 11.8 Å². The lowest BCUT2D eigenvalue weighted by Gasteiger charge is -2.30. The van der Waals surface area contributed by atoms with Gasteiger partial charge in [-0.15, -0.1) is 0 Å². The summed E-state index contributed by atoms with van der Waals surface area (Å²) in [4.78, 5) is 9.09. The van der Waals surface area contributed by atoms with E-state index in [1.165, 1.54) is 25.7 Å². The second-order valence-corrected chi connectivity index (χ2v) is 11.1. The van der Waals surface area contributed by atoms with E-state index in [1.807, 2.05) is 0 Å². The highest BCUT2D eigenvalue weighted by atomic mass is 35.5. The van der Waals surface area contributed by atoms with Crippen LogP contribution in [0.1, 0.15) is 50.6 Å². The Labute approximate surface area is 218 Å². The molecule has 2 aromatic rings. The fourth-order valence-electron chi connectivity index (χ4n) is 5.57. The minimum Gasteiger partial charge on any atom is -0.384 e. The molecule has 2 aromatic heterocycles. The second-order valence-electron chi connectivity index (χ2n) is 10.3. The third-order valence-corrected chi connectivity index (χ3v) is 8.32. The van der Waals surface area contributed by atoms with E-state index in [-0.39, 0.29) is 0 Å². The van der Waals surface area contributed by atoms with E-state index in [0.717, 1.165) is 81.2 Å². The van der Waals surface area contributed by atoms with E-state index < -0.39 is 0 Å². The van der Waals surface area contributed by atoms with Crippen LogP contribution < -0.4 is 10.6 Å². The lowest BCUT2D eigenvalue weighted by molar-refractivity contribution is 0.0699. The first-order valence-electron chi connectivity index (χ1n) is 13.1. The number of nitrogens with zero attached hydrogens (tertiary/aromatic N) is 2. The number of ether oxygens (including phenoxy) is 2. The molecule has 190 valence electrons. The standard InChI is InChI=1S/C27H36Cl2N4O2/c28-26-16-31-22(11-18-1-3-20(4-2-18)33-21-7-10-35-17-21)12-24(26)25-13-23(15-32-27(25)29)30-14-19-5-8-34-9-6-19/h12-13,15-16,18-21,30,33H,1-11,14,17H2. The molecule has 0 radical (unpaired) electrons. The minimum atomic E-state index is 0.461. The van der Waals surface area contributed by atoms with Gasteiger partial charge in [-0.05, 0) is 75.3 Å². The van der Waals surface area contributed by atoms with Crippen LogP contribution in [-0.2, 0) is 15.9 Å². The molecule has 6 nitrogen and oxygen atoms in total. The number of halogens is 2. The van der Waals surface area contributed by atoms with Crippen LogP contribution in [-0.4, -0.2) is 55.0 Å². The maximum Gasteiger partial charge on any atom is 0.137 e. The Bertz CT molecular complexity index is 972. The highest BCUT2D eigenvalue weighted by molar-refractivity contribution is 6.35. The summed E-state index contributed by atoms with van der Waals surface area (Å²) in [6.07, 6.45) is 12.7. The summed E-state index contributed by atoms with van der Waals surface area (Å²) in [6, 6.07) is 5.32. The van der Waals surface area contributed by atoms with Crippen molar-refractivity contribution in [3.8, 4) is 11.1 Å². The van der Waals surface area contributed by atoms with Crippen molar-refractivity contribution in [2.75, 3.05) is 38.3 Å². The summed E-state index contributed by atoms with van der Waals surface area (Å²) in [6.45, 7) is 4.36. The molecule has 1 aliphatic carbocycles. The first kappa shape index (κ1) is 25.2. The zero-order chi connectivity index (χ0) is 24.0. The molecule has 4 heterocycles. The third-order valence-electron chi connectivity index (χ3n) is 7.72. The number of rotatable bonds is 8. The van der Waals surface area contributed by atoms with Gasteiger partial charge in [-0.3, -0.25) is 4.98 Å². The maximum atomic E-state index is 6.60. The van der Waals surface area contributed by atoms with Crippen LogP contribution in [0.2, 0.25) is 10.2 Å². The van der Waals surface area contributed by atoms with Crippen molar-refractivity contribution in [3.63, 3.8) is 0 Å². The van der Waals surface area contributed by atoms with Gasteiger partial charge in [0.25, 0.3) is 0 Å². The van der Waals surface area contributed by atoms with E-state index in [9.17, 15) is 0 Å². The molecular formula is C27H36Cl2N4O2. The van der Waals surface area contributed by atoms with Crippen LogP contribution in [0.3, 0.4) is 0 Å². The van der Waals surface area contributed by atoms with E-state index in [1.54, 1.807) is 12.4 Å². The fourth-order valence-corrected chi connectivity index (χ4v) is 5.98. The van der Waals surface area contributed by atoms with Crippen LogP contribution in [0, 0.1) is 11.8 Å². The van der Waals surface area contributed by atoms with Gasteiger partial charge in [0.1, 0.15) is 5.15 Å². The van der Waals surface area contributed by atoms with Crippen molar-refractivity contribution in [1.29, 1.82) is 0 Å². The topological polar surface area (TPSA) is 68.3 Å². The van der Waals surface area contributed by atoms with E-state index >= 15 is 0 Å². The minimum absolute atomic E-state index is 0.461. The molecule has 0 aromatic carbocycles. The van der Waals surface area contributed by atoms with Gasteiger partial charge in [-0.2, -0.15) is 0 Å². The zero-order valence-corrected chi connectivity index (χ0v) is 21.8. The van der Waals surface area contributed by atoms with Gasteiger partial charge in [0, 0.05) is 61.5 Å². The Morgan fingerprint density at radius 2 is 1.60 bits per heavy atom. The fraction of sp³-hybridized carbons (Fsp3) is 0.630. The summed E-state index contributed by atoms with van der Waals surface area (Å²) >= 11 is 13.1. The Hall–Kier alpha value is -1.44. The summed E-state index contributed by atoms with van der Waals surface area (Å²) in [5, 5.41) is 8.39. The highest BCUT2D eigenvalue weighted by Gasteiger charge is 2.25. The van der Waals surface area contributed by atoms with Crippen molar-refractivity contribution in [2.45, 2.75) is 63.5 Å². The van der Waals surface area contributed by atoms with Gasteiger partial charge in [0.15, 0.2) is 0 Å². The molecule has 0 amide bonds. The van der Waals surface area contributed by atoms with Crippen LogP contribution in [0.5, 0.6) is 0 Å². The Morgan fingerprint density at radius 3 is 2.37 bits per heavy atom. The second kappa shape index (κ2) is 12.2. The number of anilines is 1. The average molecular weight is 520 g/mol. The molecule has 1 atom stereocenters. The largest absolute Gasteiger partial charge is 0.384 e. The molecular weight excluding hydrogens is 483 g/mol. The molecule has 5 rings (SSSR count). The third kappa shape index (κ3) is 6.86. The van der Waals surface area contributed by atoms with Crippen LogP contribution in [0.15, 0.2) is 24.5 Å². The first-order valence-corrected chi connectivity index (χ1v) is 13.9. The first-order chi connectivity index (χ1) is 17.1. The lowest BCUT2D eigenvalue weighted by atomic mass is 9.83. The van der Waals surface area contributed by atoms with Crippen LogP contribution >= 0.6 is 23.2 Å². The molecule has 3 aliphatic rings. The van der Waals surface area contributed by atoms with Crippen LogP contribution in [0.25, 0.3) is 11.1 Å². The normalized spacial score (nSPS) is 25.6. The van der Waals surface area contributed by atoms with Crippen molar-refractivity contribution in [1.82, 2.24) is 15.3 Å². The van der Waals surface area contributed by atoms with E-state index in [0.29, 0.717) is 34.1 Å². The molecule has 1 saturated carbocycles. The molecule has 0 spiro atoms. The van der Waals surface area contributed by atoms with Crippen molar-refractivity contribution >= 4 is 28.9 Å². The monoisotopic (exact) mass is 518 g/mol. The molecule has 8 heteroatoms. The molecule has 2 N–H and O–H groups in total. The molecule has 2 saturated heterocycles. The summed E-state index contributed by atoms with van der Waals surface area (Å²) in [5.41, 5.74) is 3.79. The predicted octanol–water partition coefficient (Wildman–Crippen LogP) is 5.77. The summed E-state index contributed by atoms with van der Waals surface area (Å²) in [5.74, 6) is 1.27. The van der Waals surface area contributed by atoms with E-state index in [2.05, 4.69) is 32.7 Å². The zero-order valence-electron chi connectivity index (χ0n) is 20.3. The van der Waals surface area contributed by atoms with Gasteiger partial charge in [-0.25, -0.2) is 4.98 Å². The Kier molecular flexibility index (Phi) is 8.79. The van der Waals surface area contributed by atoms with Crippen molar-refractivity contribution in [3.05, 3.63) is 40.4 Å². The SMILES string of the molecule is Clc1cnc(CC2CCC(NC3CCOC3)CC2)cc1-c1cc(NCC2CCOCC2)cnc1Cl. The Morgan fingerprint density at radius 1 is 0.800 bits per heavy atom. The summed E-state index contributed by atoms with van der Waals surface area (Å²) in [7, 11) is 0. The number of aromatic nitrogens is 2. The highest BCUT2D eigenvalue weighted by Crippen LogP contribution is 2.35. The van der Waals surface area contributed by atoms with E-state index in [4.69, 9.17) is 32.7 Å². The maximum absolute atomic E-state index is 6.60. The van der Waals surface area contributed by atoms with Gasteiger partial charge in [-0.1, -0.05) is 23.2 Å².